The molecule has 0 saturated carbocycles. The number of rotatable bonds is 4. The highest BCUT2D eigenvalue weighted by Crippen LogP contribution is 2.30. The maximum absolute atomic E-state index is 11.0. The molecular formula is C20H13ClN2O3. The molecule has 0 aliphatic carbocycles. The van der Waals surface area contributed by atoms with Crippen molar-refractivity contribution in [2.24, 2.45) is 0 Å². The Morgan fingerprint density at radius 1 is 1.19 bits per heavy atom. The van der Waals surface area contributed by atoms with Crippen molar-refractivity contribution in [3.05, 3.63) is 86.6 Å². The van der Waals surface area contributed by atoms with Crippen LogP contribution in [0.15, 0.2) is 59.0 Å². The molecule has 1 heterocycles. The van der Waals surface area contributed by atoms with Crippen LogP contribution in [0.4, 0.5) is 5.69 Å². The molecule has 0 saturated heterocycles. The monoisotopic (exact) mass is 364 g/mol. The van der Waals surface area contributed by atoms with Crippen molar-refractivity contribution in [2.45, 2.75) is 6.92 Å². The van der Waals surface area contributed by atoms with Gasteiger partial charge in [0.15, 0.2) is 0 Å². The molecule has 0 spiro atoms. The minimum absolute atomic E-state index is 0.00188. The van der Waals surface area contributed by atoms with Crippen molar-refractivity contribution in [3.63, 3.8) is 0 Å². The molecule has 2 aromatic carbocycles. The van der Waals surface area contributed by atoms with E-state index >= 15 is 0 Å². The second-order valence-electron chi connectivity index (χ2n) is 5.64. The van der Waals surface area contributed by atoms with Gasteiger partial charge in [-0.1, -0.05) is 29.8 Å². The van der Waals surface area contributed by atoms with Crippen LogP contribution < -0.4 is 0 Å². The Morgan fingerprint density at radius 2 is 1.92 bits per heavy atom. The van der Waals surface area contributed by atoms with Crippen molar-refractivity contribution in [2.75, 3.05) is 0 Å². The van der Waals surface area contributed by atoms with Crippen LogP contribution in [-0.4, -0.2) is 4.92 Å². The summed E-state index contributed by atoms with van der Waals surface area (Å²) in [5.74, 6) is 0.989. The van der Waals surface area contributed by atoms with E-state index in [1.807, 2.05) is 6.92 Å². The van der Waals surface area contributed by atoms with E-state index in [2.05, 4.69) is 6.07 Å². The summed E-state index contributed by atoms with van der Waals surface area (Å²) in [7, 11) is 0. The Bertz CT molecular complexity index is 1040. The molecule has 128 valence electrons. The third-order valence-corrected chi connectivity index (χ3v) is 4.14. The largest absolute Gasteiger partial charge is 0.457 e. The van der Waals surface area contributed by atoms with E-state index in [1.54, 1.807) is 48.5 Å². The third kappa shape index (κ3) is 3.66. The number of nitrogens with zero attached hydrogens (tertiary/aromatic N) is 2. The lowest BCUT2D eigenvalue weighted by atomic mass is 10.1. The highest BCUT2D eigenvalue weighted by molar-refractivity contribution is 6.30. The topological polar surface area (TPSA) is 80.1 Å². The number of nitro groups is 1. The fraction of sp³-hybridized carbons (Fsp3) is 0.0500. The molecule has 26 heavy (non-hydrogen) atoms. The number of nitriles is 1. The summed E-state index contributed by atoms with van der Waals surface area (Å²) in [5.41, 5.74) is 2.65. The first kappa shape index (κ1) is 17.5. The van der Waals surface area contributed by atoms with Crippen LogP contribution in [0, 0.1) is 28.4 Å². The Kier molecular flexibility index (Phi) is 4.87. The molecule has 0 radical (unpaired) electrons. The van der Waals surface area contributed by atoms with E-state index in [0.29, 0.717) is 27.7 Å². The van der Waals surface area contributed by atoms with Crippen LogP contribution in [0.5, 0.6) is 0 Å². The Balaban J connectivity index is 1.97. The first-order valence-corrected chi connectivity index (χ1v) is 8.08. The summed E-state index contributed by atoms with van der Waals surface area (Å²) in [6, 6.07) is 17.1. The summed E-state index contributed by atoms with van der Waals surface area (Å²) in [6.45, 7) is 1.85. The lowest BCUT2D eigenvalue weighted by Crippen LogP contribution is -1.89. The summed E-state index contributed by atoms with van der Waals surface area (Å²) in [5, 5.41) is 21.0. The summed E-state index contributed by atoms with van der Waals surface area (Å²) >= 11 is 5.87. The molecular weight excluding hydrogens is 352 g/mol. The van der Waals surface area contributed by atoms with Gasteiger partial charge in [0.25, 0.3) is 5.69 Å². The van der Waals surface area contributed by atoms with E-state index in [9.17, 15) is 15.4 Å². The second kappa shape index (κ2) is 7.26. The molecule has 1 aromatic heterocycles. The first-order chi connectivity index (χ1) is 12.5. The third-order valence-electron chi connectivity index (χ3n) is 3.89. The quantitative estimate of drug-likeness (QED) is 0.329. The van der Waals surface area contributed by atoms with E-state index in [1.165, 1.54) is 12.1 Å². The highest BCUT2D eigenvalue weighted by atomic mass is 35.5. The van der Waals surface area contributed by atoms with Crippen LogP contribution in [0.3, 0.4) is 0 Å². The summed E-state index contributed by atoms with van der Waals surface area (Å²) in [4.78, 5) is 10.5. The summed E-state index contributed by atoms with van der Waals surface area (Å²) in [6.07, 6.45) is 1.62. The van der Waals surface area contributed by atoms with Crippen LogP contribution >= 0.6 is 11.6 Å². The van der Waals surface area contributed by atoms with Crippen molar-refractivity contribution in [1.29, 1.82) is 5.26 Å². The zero-order chi connectivity index (χ0) is 18.7. The van der Waals surface area contributed by atoms with E-state index < -0.39 is 4.92 Å². The highest BCUT2D eigenvalue weighted by Gasteiger charge is 2.13. The standard InChI is InChI=1S/C20H13ClN2O3/c1-13-2-7-17(23(24)25)11-19(13)20-9-8-18(26-20)10-15(12-22)14-3-5-16(21)6-4-14/h2-11H,1H3/b15-10+. The number of hydrogen-bond donors (Lipinski definition) is 0. The number of aryl methyl sites for hydroxylation is 1. The zero-order valence-electron chi connectivity index (χ0n) is 13.8. The molecule has 0 aliphatic heterocycles. The Morgan fingerprint density at radius 3 is 2.58 bits per heavy atom. The van der Waals surface area contributed by atoms with Crippen LogP contribution in [0.25, 0.3) is 23.0 Å². The van der Waals surface area contributed by atoms with E-state index in [4.69, 9.17) is 16.0 Å². The average molecular weight is 365 g/mol. The molecule has 0 bridgehead atoms. The fourth-order valence-electron chi connectivity index (χ4n) is 2.52. The molecule has 0 fully saturated rings. The van der Waals surface area contributed by atoms with Gasteiger partial charge in [-0.05, 0) is 48.4 Å². The molecule has 0 unspecified atom stereocenters. The summed E-state index contributed by atoms with van der Waals surface area (Å²) < 4.78 is 5.79. The first-order valence-electron chi connectivity index (χ1n) is 7.71. The van der Waals surface area contributed by atoms with Gasteiger partial charge in [-0.3, -0.25) is 10.1 Å². The molecule has 0 aliphatic rings. The van der Waals surface area contributed by atoms with Gasteiger partial charge in [0, 0.05) is 22.7 Å². The van der Waals surface area contributed by atoms with E-state index in [-0.39, 0.29) is 5.69 Å². The smallest absolute Gasteiger partial charge is 0.270 e. The van der Waals surface area contributed by atoms with Gasteiger partial charge in [0.05, 0.1) is 16.6 Å². The maximum atomic E-state index is 11.0. The van der Waals surface area contributed by atoms with Gasteiger partial charge in [0.2, 0.25) is 0 Å². The molecule has 3 aromatic rings. The van der Waals surface area contributed by atoms with Crippen LogP contribution in [0.2, 0.25) is 5.02 Å². The average Bonchev–Trinajstić information content (AvgIpc) is 3.09. The molecule has 0 N–H and O–H groups in total. The molecule has 0 atom stereocenters. The van der Waals surface area contributed by atoms with Gasteiger partial charge < -0.3 is 4.42 Å². The van der Waals surface area contributed by atoms with Crippen molar-refractivity contribution >= 4 is 28.9 Å². The number of non-ortho nitro benzene ring substituents is 1. The maximum Gasteiger partial charge on any atom is 0.270 e. The van der Waals surface area contributed by atoms with Gasteiger partial charge >= 0.3 is 0 Å². The van der Waals surface area contributed by atoms with E-state index in [0.717, 1.165) is 11.1 Å². The van der Waals surface area contributed by atoms with Crippen molar-refractivity contribution in [3.8, 4) is 17.4 Å². The fourth-order valence-corrected chi connectivity index (χ4v) is 2.64. The predicted octanol–water partition coefficient (Wildman–Crippen LogP) is 5.88. The van der Waals surface area contributed by atoms with Crippen LogP contribution in [-0.2, 0) is 0 Å². The molecule has 5 nitrogen and oxygen atoms in total. The molecule has 3 rings (SSSR count). The molecule has 6 heteroatoms. The van der Waals surface area contributed by atoms with Crippen molar-refractivity contribution < 1.29 is 9.34 Å². The van der Waals surface area contributed by atoms with Gasteiger partial charge in [-0.15, -0.1) is 0 Å². The SMILES string of the molecule is Cc1ccc([N+](=O)[O-])cc1-c1ccc(/C=C(\C#N)c2ccc(Cl)cc2)o1. The number of furan rings is 1. The minimum atomic E-state index is -0.443. The molecule has 0 amide bonds. The Hall–Kier alpha value is -3.36. The second-order valence-corrected chi connectivity index (χ2v) is 6.07. The van der Waals surface area contributed by atoms with Gasteiger partial charge in [-0.2, -0.15) is 5.26 Å². The number of benzene rings is 2. The normalized spacial score (nSPS) is 11.2. The number of nitro benzene ring substituents is 1. The zero-order valence-corrected chi connectivity index (χ0v) is 14.5. The lowest BCUT2D eigenvalue weighted by molar-refractivity contribution is -0.384. The predicted molar refractivity (Wildman–Crippen MR) is 100 cm³/mol. The number of halogens is 1. The Labute approximate surface area is 154 Å². The van der Waals surface area contributed by atoms with Crippen LogP contribution in [0.1, 0.15) is 16.9 Å². The number of allylic oxidation sites excluding steroid dienone is 1. The van der Waals surface area contributed by atoms with Crippen molar-refractivity contribution in [1.82, 2.24) is 0 Å². The minimum Gasteiger partial charge on any atom is -0.457 e. The van der Waals surface area contributed by atoms with Gasteiger partial charge in [0.1, 0.15) is 11.5 Å². The lowest BCUT2D eigenvalue weighted by Gasteiger charge is -2.02. The van der Waals surface area contributed by atoms with Gasteiger partial charge in [-0.25, -0.2) is 0 Å². The number of hydrogen-bond acceptors (Lipinski definition) is 4.